The molecule has 13 heteroatoms. The SMILES string of the molecule is O=C(Nc1ccc(F)c(C(F)(F)F)c1)C1=C(OS(=O)(=O)C(F)(F)F)CCCC1. The normalized spacial score (nSPS) is 16.1. The maximum absolute atomic E-state index is 13.3. The zero-order valence-electron chi connectivity index (χ0n) is 13.7. The van der Waals surface area contributed by atoms with Gasteiger partial charge < -0.3 is 9.50 Å². The van der Waals surface area contributed by atoms with E-state index in [0.717, 1.165) is 6.07 Å². The van der Waals surface area contributed by atoms with E-state index in [0.29, 0.717) is 18.6 Å². The summed E-state index contributed by atoms with van der Waals surface area (Å²) in [5.74, 6) is -3.46. The molecule has 156 valence electrons. The van der Waals surface area contributed by atoms with Crippen LogP contribution < -0.4 is 5.32 Å². The van der Waals surface area contributed by atoms with Gasteiger partial charge in [-0.1, -0.05) is 0 Å². The van der Waals surface area contributed by atoms with Crippen LogP contribution in [-0.2, 0) is 25.3 Å². The molecule has 0 saturated carbocycles. The summed E-state index contributed by atoms with van der Waals surface area (Å²) in [6, 6.07) is 1.58. The Labute approximate surface area is 154 Å². The molecule has 0 spiro atoms. The third-order valence-electron chi connectivity index (χ3n) is 3.71. The molecule has 5 nitrogen and oxygen atoms in total. The number of nitrogens with one attached hydrogen (secondary N) is 1. The third kappa shape index (κ3) is 4.94. The highest BCUT2D eigenvalue weighted by molar-refractivity contribution is 7.87. The van der Waals surface area contributed by atoms with E-state index in [1.807, 2.05) is 5.32 Å². The van der Waals surface area contributed by atoms with Crippen molar-refractivity contribution in [3.05, 3.63) is 40.9 Å². The van der Waals surface area contributed by atoms with Gasteiger partial charge in [0.15, 0.2) is 0 Å². The lowest BCUT2D eigenvalue weighted by molar-refractivity contribution is -0.140. The third-order valence-corrected chi connectivity index (χ3v) is 4.70. The molecule has 28 heavy (non-hydrogen) atoms. The summed E-state index contributed by atoms with van der Waals surface area (Å²) in [6.07, 6.45) is -4.91. The van der Waals surface area contributed by atoms with E-state index in [4.69, 9.17) is 0 Å². The Morgan fingerprint density at radius 3 is 2.21 bits per heavy atom. The lowest BCUT2D eigenvalue weighted by atomic mass is 9.97. The molecule has 1 aromatic carbocycles. The van der Waals surface area contributed by atoms with E-state index in [1.54, 1.807) is 0 Å². The van der Waals surface area contributed by atoms with E-state index in [2.05, 4.69) is 4.18 Å². The number of carbonyl (C=O) groups is 1. The number of hydrogen-bond donors (Lipinski definition) is 1. The minimum absolute atomic E-state index is 0.151. The second kappa shape index (κ2) is 7.60. The summed E-state index contributed by atoms with van der Waals surface area (Å²) in [5.41, 5.74) is -8.29. The quantitative estimate of drug-likeness (QED) is 0.430. The van der Waals surface area contributed by atoms with Crippen LogP contribution in [0.5, 0.6) is 0 Å². The van der Waals surface area contributed by atoms with Gasteiger partial charge in [-0.05, 0) is 37.5 Å². The zero-order chi connectivity index (χ0) is 21.3. The highest BCUT2D eigenvalue weighted by Gasteiger charge is 2.49. The van der Waals surface area contributed by atoms with E-state index < -0.39 is 56.1 Å². The highest BCUT2D eigenvalue weighted by atomic mass is 32.2. The molecule has 1 N–H and O–H groups in total. The number of halogens is 7. The van der Waals surface area contributed by atoms with Crippen molar-refractivity contribution in [3.63, 3.8) is 0 Å². The molecule has 1 amide bonds. The minimum atomic E-state index is -6.00. The number of allylic oxidation sites excluding steroid dienone is 1. The smallest absolute Gasteiger partial charge is 0.380 e. The Balaban J connectivity index is 2.32. The first-order chi connectivity index (χ1) is 12.7. The van der Waals surface area contributed by atoms with Crippen molar-refractivity contribution in [2.24, 2.45) is 0 Å². The Morgan fingerprint density at radius 2 is 1.64 bits per heavy atom. The summed E-state index contributed by atoms with van der Waals surface area (Å²) in [5, 5.41) is 1.99. The summed E-state index contributed by atoms with van der Waals surface area (Å²) in [4.78, 5) is 12.3. The molecule has 0 unspecified atom stereocenters. The monoisotopic (exact) mass is 435 g/mol. The topological polar surface area (TPSA) is 72.5 Å². The first-order valence-electron chi connectivity index (χ1n) is 7.63. The van der Waals surface area contributed by atoms with Crippen molar-refractivity contribution < 1.29 is 48.1 Å². The van der Waals surface area contributed by atoms with Gasteiger partial charge in [0.1, 0.15) is 11.6 Å². The van der Waals surface area contributed by atoms with Crippen LogP contribution in [0.15, 0.2) is 29.5 Å². The van der Waals surface area contributed by atoms with Crippen LogP contribution in [0, 0.1) is 5.82 Å². The summed E-state index contributed by atoms with van der Waals surface area (Å²) in [6.45, 7) is 0. The van der Waals surface area contributed by atoms with Crippen LogP contribution in [0.2, 0.25) is 0 Å². The van der Waals surface area contributed by atoms with Crippen molar-refractivity contribution in [2.75, 3.05) is 5.32 Å². The van der Waals surface area contributed by atoms with Gasteiger partial charge >= 0.3 is 21.8 Å². The molecule has 1 aliphatic carbocycles. The van der Waals surface area contributed by atoms with Crippen LogP contribution in [0.4, 0.5) is 36.4 Å². The van der Waals surface area contributed by atoms with Gasteiger partial charge in [-0.15, -0.1) is 0 Å². The molecule has 0 aromatic heterocycles. The maximum atomic E-state index is 13.3. The lowest BCUT2D eigenvalue weighted by Gasteiger charge is -2.20. The van der Waals surface area contributed by atoms with E-state index in [9.17, 15) is 43.9 Å². The van der Waals surface area contributed by atoms with Crippen LogP contribution in [0.1, 0.15) is 31.2 Å². The molecular weight excluding hydrogens is 423 g/mol. The van der Waals surface area contributed by atoms with Gasteiger partial charge in [-0.2, -0.15) is 34.8 Å². The van der Waals surface area contributed by atoms with Crippen LogP contribution in [-0.4, -0.2) is 19.8 Å². The van der Waals surface area contributed by atoms with Crippen molar-refractivity contribution >= 4 is 21.7 Å². The summed E-state index contributed by atoms with van der Waals surface area (Å²) >= 11 is 0. The zero-order valence-corrected chi connectivity index (χ0v) is 14.6. The van der Waals surface area contributed by atoms with Crippen molar-refractivity contribution in [2.45, 2.75) is 37.4 Å². The molecular formula is C15H12F7NO4S. The number of benzene rings is 1. The van der Waals surface area contributed by atoms with E-state index in [1.165, 1.54) is 0 Å². The van der Waals surface area contributed by atoms with Gasteiger partial charge in [0, 0.05) is 12.1 Å². The number of carbonyl (C=O) groups excluding carboxylic acids is 1. The molecule has 0 radical (unpaired) electrons. The second-order valence-corrected chi connectivity index (χ2v) is 7.28. The molecule has 2 rings (SSSR count). The predicted octanol–water partition coefficient (Wildman–Crippen LogP) is 4.48. The Kier molecular flexibility index (Phi) is 5.97. The number of rotatable bonds is 4. The van der Waals surface area contributed by atoms with E-state index in [-0.39, 0.29) is 19.3 Å². The van der Waals surface area contributed by atoms with Gasteiger partial charge in [0.25, 0.3) is 5.91 Å². The Morgan fingerprint density at radius 1 is 1.04 bits per heavy atom. The maximum Gasteiger partial charge on any atom is 0.534 e. The van der Waals surface area contributed by atoms with Crippen molar-refractivity contribution in [3.8, 4) is 0 Å². The average Bonchev–Trinajstić information content (AvgIpc) is 2.54. The number of anilines is 1. The number of alkyl halides is 6. The van der Waals surface area contributed by atoms with Crippen LogP contribution >= 0.6 is 0 Å². The number of hydrogen-bond acceptors (Lipinski definition) is 4. The first kappa shape index (κ1) is 22.0. The summed E-state index contributed by atoms with van der Waals surface area (Å²) < 4.78 is 115. The average molecular weight is 435 g/mol. The fourth-order valence-electron chi connectivity index (χ4n) is 2.42. The van der Waals surface area contributed by atoms with Gasteiger partial charge in [0.2, 0.25) is 0 Å². The van der Waals surface area contributed by atoms with Crippen molar-refractivity contribution in [1.29, 1.82) is 0 Å². The molecule has 0 atom stereocenters. The Bertz CT molecular complexity index is 904. The molecule has 1 aromatic rings. The standard InChI is InChI=1S/C15H12F7NO4S/c16-11-6-5-8(7-10(11)14(17,18)19)23-13(24)9-3-1-2-4-12(9)27-28(25,26)15(20,21)22/h5-7H,1-4H2,(H,23,24). The number of amides is 1. The molecule has 1 aliphatic rings. The largest absolute Gasteiger partial charge is 0.534 e. The van der Waals surface area contributed by atoms with Gasteiger partial charge in [0.05, 0.1) is 11.1 Å². The van der Waals surface area contributed by atoms with Gasteiger partial charge in [-0.3, -0.25) is 4.79 Å². The van der Waals surface area contributed by atoms with E-state index >= 15 is 0 Å². The molecule has 0 heterocycles. The minimum Gasteiger partial charge on any atom is -0.380 e. The lowest BCUT2D eigenvalue weighted by Crippen LogP contribution is -2.27. The van der Waals surface area contributed by atoms with Crippen LogP contribution in [0.25, 0.3) is 0 Å². The molecule has 0 aliphatic heterocycles. The van der Waals surface area contributed by atoms with Gasteiger partial charge in [-0.25, -0.2) is 4.39 Å². The fourth-order valence-corrected chi connectivity index (χ4v) is 2.96. The molecule has 0 fully saturated rings. The van der Waals surface area contributed by atoms with Crippen molar-refractivity contribution in [1.82, 2.24) is 0 Å². The second-order valence-electron chi connectivity index (χ2n) is 5.74. The first-order valence-corrected chi connectivity index (χ1v) is 9.04. The predicted molar refractivity (Wildman–Crippen MR) is 81.6 cm³/mol. The Hall–Kier alpha value is -2.31. The van der Waals surface area contributed by atoms with Crippen LogP contribution in [0.3, 0.4) is 0 Å². The molecule has 0 bridgehead atoms. The fraction of sp³-hybridized carbons (Fsp3) is 0.400. The highest BCUT2D eigenvalue weighted by Crippen LogP contribution is 2.35. The summed E-state index contributed by atoms with van der Waals surface area (Å²) in [7, 11) is -6.00. The molecule has 0 saturated heterocycles.